The first kappa shape index (κ1) is 30.2. The molecule has 3 aromatic rings. The van der Waals surface area contributed by atoms with Crippen molar-refractivity contribution in [1.29, 1.82) is 0 Å². The van der Waals surface area contributed by atoms with Gasteiger partial charge in [-0.1, -0.05) is 48.5 Å². The Hall–Kier alpha value is -4.36. The molecule has 1 heterocycles. The maximum absolute atomic E-state index is 13.2. The fraction of sp³-hybridized carbons (Fsp3) is 0.296. The van der Waals surface area contributed by atoms with Gasteiger partial charge in [-0.05, 0) is 23.6 Å². The van der Waals surface area contributed by atoms with Crippen LogP contribution < -0.4 is 27.4 Å². The Labute approximate surface area is 235 Å². The molecule has 12 nitrogen and oxygen atoms in total. The number of para-hydroxylation sites is 1. The van der Waals surface area contributed by atoms with E-state index in [1.165, 1.54) is 0 Å². The van der Waals surface area contributed by atoms with Crippen LogP contribution >= 0.6 is 12.6 Å². The standard InChI is InChI=1S/C27H32N6O6S/c28-18(10-15-6-2-1-3-7-15)24(35)33-22(14-40)26(37)31-20(25(36)32-21(27(38)39)12-23(29)34)11-16-13-30-19-9-5-4-8-17(16)19/h1-9,13,18,20-22,30,40H,10-12,14,28H2,(H2,29,34)(H,31,37)(H,32,36)(H,33,35)(H,38,39). The van der Waals surface area contributed by atoms with Gasteiger partial charge in [0.25, 0.3) is 0 Å². The maximum Gasteiger partial charge on any atom is 0.326 e. The van der Waals surface area contributed by atoms with E-state index in [0.29, 0.717) is 5.56 Å². The van der Waals surface area contributed by atoms with E-state index in [4.69, 9.17) is 11.5 Å². The van der Waals surface area contributed by atoms with E-state index in [2.05, 4.69) is 33.6 Å². The van der Waals surface area contributed by atoms with Crippen LogP contribution in [0.5, 0.6) is 0 Å². The van der Waals surface area contributed by atoms with Crippen molar-refractivity contribution in [3.63, 3.8) is 0 Å². The van der Waals surface area contributed by atoms with Crippen LogP contribution in [0.3, 0.4) is 0 Å². The smallest absolute Gasteiger partial charge is 0.326 e. The highest BCUT2D eigenvalue weighted by Gasteiger charge is 2.31. The number of fused-ring (bicyclic) bond motifs is 1. The number of nitrogens with two attached hydrogens (primary N) is 2. The molecule has 3 rings (SSSR count). The SMILES string of the molecule is NC(=O)CC(NC(=O)C(Cc1c[nH]c2ccccc12)NC(=O)C(CS)NC(=O)C(N)Cc1ccccc1)C(=O)O. The number of aromatic nitrogens is 1. The number of hydrogen-bond acceptors (Lipinski definition) is 7. The van der Waals surface area contributed by atoms with E-state index in [-0.39, 0.29) is 18.6 Å². The van der Waals surface area contributed by atoms with Crippen LogP contribution in [-0.2, 0) is 36.8 Å². The summed E-state index contributed by atoms with van der Waals surface area (Å²) < 4.78 is 0. The third-order valence-corrected chi connectivity index (χ3v) is 6.57. The molecular weight excluding hydrogens is 536 g/mol. The van der Waals surface area contributed by atoms with Crippen LogP contribution in [0, 0.1) is 0 Å². The lowest BCUT2D eigenvalue weighted by molar-refractivity contribution is -0.143. The number of hydrogen-bond donors (Lipinski definition) is 8. The molecule has 9 N–H and O–H groups in total. The van der Waals surface area contributed by atoms with Crippen molar-refractivity contribution < 1.29 is 29.1 Å². The summed E-state index contributed by atoms with van der Waals surface area (Å²) in [6, 6.07) is 11.5. The van der Waals surface area contributed by atoms with E-state index in [1.54, 1.807) is 6.20 Å². The van der Waals surface area contributed by atoms with Crippen molar-refractivity contribution in [1.82, 2.24) is 20.9 Å². The summed E-state index contributed by atoms with van der Waals surface area (Å²) in [6.07, 6.45) is 1.26. The zero-order chi connectivity index (χ0) is 29.2. The molecule has 0 spiro atoms. The highest BCUT2D eigenvalue weighted by molar-refractivity contribution is 7.80. The van der Waals surface area contributed by atoms with E-state index in [9.17, 15) is 29.1 Å². The number of amides is 4. The molecule has 2 aromatic carbocycles. The number of nitrogens with one attached hydrogen (secondary N) is 4. The summed E-state index contributed by atoms with van der Waals surface area (Å²) in [6.45, 7) is 0. The zero-order valence-corrected chi connectivity index (χ0v) is 22.4. The average Bonchev–Trinajstić information content (AvgIpc) is 3.33. The third kappa shape index (κ3) is 8.32. The maximum atomic E-state index is 13.2. The fourth-order valence-electron chi connectivity index (χ4n) is 4.11. The molecule has 0 saturated carbocycles. The molecule has 0 radical (unpaired) electrons. The van der Waals surface area contributed by atoms with Gasteiger partial charge in [-0.25, -0.2) is 4.79 Å². The number of carboxylic acids is 1. The Morgan fingerprint density at radius 1 is 0.825 bits per heavy atom. The summed E-state index contributed by atoms with van der Waals surface area (Å²) in [4.78, 5) is 65.1. The highest BCUT2D eigenvalue weighted by Crippen LogP contribution is 2.19. The van der Waals surface area contributed by atoms with Crippen molar-refractivity contribution in [2.75, 3.05) is 5.75 Å². The summed E-state index contributed by atoms with van der Waals surface area (Å²) in [5.74, 6) is -4.64. The summed E-state index contributed by atoms with van der Waals surface area (Å²) in [5.41, 5.74) is 13.5. The zero-order valence-electron chi connectivity index (χ0n) is 21.5. The second-order valence-electron chi connectivity index (χ2n) is 9.23. The van der Waals surface area contributed by atoms with E-state index < -0.39 is 60.2 Å². The molecule has 0 aliphatic rings. The fourth-order valence-corrected chi connectivity index (χ4v) is 4.37. The van der Waals surface area contributed by atoms with Crippen LogP contribution in [0.1, 0.15) is 17.5 Å². The summed E-state index contributed by atoms with van der Waals surface area (Å²) in [7, 11) is 0. The number of benzene rings is 2. The van der Waals surface area contributed by atoms with E-state index >= 15 is 0 Å². The Morgan fingerprint density at radius 3 is 2.08 bits per heavy atom. The number of rotatable bonds is 14. The Kier molecular flexibility index (Phi) is 10.7. The average molecular weight is 569 g/mol. The third-order valence-electron chi connectivity index (χ3n) is 6.20. The second-order valence-corrected chi connectivity index (χ2v) is 9.60. The van der Waals surface area contributed by atoms with Gasteiger partial charge >= 0.3 is 5.97 Å². The molecule has 1 aromatic heterocycles. The van der Waals surface area contributed by atoms with Crippen molar-refractivity contribution in [2.24, 2.45) is 11.5 Å². The lowest BCUT2D eigenvalue weighted by Crippen LogP contribution is -2.58. The molecule has 0 bridgehead atoms. The minimum absolute atomic E-state index is 0.0226. The molecule has 40 heavy (non-hydrogen) atoms. The number of primary amides is 1. The van der Waals surface area contributed by atoms with Gasteiger partial charge in [0.05, 0.1) is 12.5 Å². The molecular formula is C27H32N6O6S. The van der Waals surface area contributed by atoms with Gasteiger partial charge in [0.15, 0.2) is 0 Å². The van der Waals surface area contributed by atoms with Gasteiger partial charge < -0.3 is 37.5 Å². The molecule has 0 saturated heterocycles. The summed E-state index contributed by atoms with van der Waals surface area (Å²) >= 11 is 4.18. The minimum atomic E-state index is -1.59. The van der Waals surface area contributed by atoms with Crippen LogP contribution in [0.15, 0.2) is 60.8 Å². The minimum Gasteiger partial charge on any atom is -0.480 e. The normalized spacial score (nSPS) is 13.9. The largest absolute Gasteiger partial charge is 0.480 e. The quantitative estimate of drug-likeness (QED) is 0.121. The highest BCUT2D eigenvalue weighted by atomic mass is 32.1. The Balaban J connectivity index is 1.77. The molecule has 4 unspecified atom stereocenters. The van der Waals surface area contributed by atoms with E-state index in [0.717, 1.165) is 16.5 Å². The van der Waals surface area contributed by atoms with Crippen LogP contribution in [0.2, 0.25) is 0 Å². The number of carbonyl (C=O) groups is 5. The van der Waals surface area contributed by atoms with Crippen LogP contribution in [0.25, 0.3) is 10.9 Å². The first-order valence-corrected chi connectivity index (χ1v) is 13.1. The first-order chi connectivity index (χ1) is 19.1. The molecule has 4 amide bonds. The van der Waals surface area contributed by atoms with Gasteiger partial charge in [-0.15, -0.1) is 0 Å². The topological polar surface area (TPSA) is 209 Å². The molecule has 0 fully saturated rings. The van der Waals surface area contributed by atoms with Crippen molar-refractivity contribution >= 4 is 53.1 Å². The second kappa shape index (κ2) is 14.1. The number of carbonyl (C=O) groups excluding carboxylic acids is 4. The van der Waals surface area contributed by atoms with Crippen molar-refractivity contribution in [3.05, 3.63) is 71.9 Å². The monoisotopic (exact) mass is 568 g/mol. The first-order valence-electron chi connectivity index (χ1n) is 12.5. The van der Waals surface area contributed by atoms with Gasteiger partial charge in [0, 0.05) is 29.3 Å². The molecule has 13 heteroatoms. The number of aromatic amines is 1. The lowest BCUT2D eigenvalue weighted by atomic mass is 10.0. The molecule has 0 aliphatic carbocycles. The predicted octanol–water partition coefficient (Wildman–Crippen LogP) is -0.375. The van der Waals surface area contributed by atoms with Crippen molar-refractivity contribution in [3.8, 4) is 0 Å². The van der Waals surface area contributed by atoms with Crippen LogP contribution in [0.4, 0.5) is 0 Å². The molecule has 212 valence electrons. The number of thiol groups is 1. The van der Waals surface area contributed by atoms with E-state index in [1.807, 2.05) is 54.6 Å². The van der Waals surface area contributed by atoms with Crippen LogP contribution in [-0.4, -0.2) is 69.6 Å². The lowest BCUT2D eigenvalue weighted by Gasteiger charge is -2.24. The Morgan fingerprint density at radius 2 is 1.43 bits per heavy atom. The Bertz CT molecular complexity index is 1360. The number of H-pyrrole nitrogens is 1. The predicted molar refractivity (Wildman–Crippen MR) is 151 cm³/mol. The van der Waals surface area contributed by atoms with Gasteiger partial charge in [0.1, 0.15) is 18.1 Å². The van der Waals surface area contributed by atoms with Crippen molar-refractivity contribution in [2.45, 2.75) is 43.4 Å². The molecule has 4 atom stereocenters. The van der Waals surface area contributed by atoms with Gasteiger partial charge in [-0.2, -0.15) is 12.6 Å². The van der Waals surface area contributed by atoms with Gasteiger partial charge in [-0.3, -0.25) is 19.2 Å². The number of aliphatic carboxylic acids is 1. The van der Waals surface area contributed by atoms with Gasteiger partial charge in [0.2, 0.25) is 23.6 Å². The summed E-state index contributed by atoms with van der Waals surface area (Å²) in [5, 5.41) is 17.6. The molecule has 0 aliphatic heterocycles. The number of carboxylic acid groups (broad SMARTS) is 1.